The number of nitrogens with zero attached hydrogens (tertiary/aromatic N) is 3. The first kappa shape index (κ1) is 14.0. The van der Waals surface area contributed by atoms with Gasteiger partial charge in [0.1, 0.15) is 11.4 Å². The van der Waals surface area contributed by atoms with Gasteiger partial charge in [-0.25, -0.2) is 9.78 Å². The lowest BCUT2D eigenvalue weighted by molar-refractivity contribution is 0.0696. The van der Waals surface area contributed by atoms with Crippen molar-refractivity contribution in [3.63, 3.8) is 0 Å². The summed E-state index contributed by atoms with van der Waals surface area (Å²) in [5.74, 6) is -0.437. The number of hydrogen-bond acceptors (Lipinski definition) is 4. The van der Waals surface area contributed by atoms with E-state index in [1.165, 1.54) is 0 Å². The van der Waals surface area contributed by atoms with Gasteiger partial charge < -0.3 is 10.0 Å². The Bertz CT molecular complexity index is 599. The van der Waals surface area contributed by atoms with E-state index >= 15 is 0 Å². The smallest absolute Gasteiger partial charge is 0.339 e. The quantitative estimate of drug-likeness (QED) is 0.902. The molecule has 0 aliphatic heterocycles. The van der Waals surface area contributed by atoms with Gasteiger partial charge in [0.25, 0.3) is 0 Å². The molecule has 5 heteroatoms. The van der Waals surface area contributed by atoms with Crippen LogP contribution in [0.1, 0.15) is 21.5 Å². The lowest BCUT2D eigenvalue weighted by Crippen LogP contribution is -2.24. The van der Waals surface area contributed by atoms with Gasteiger partial charge in [0, 0.05) is 32.2 Å². The van der Waals surface area contributed by atoms with Crippen molar-refractivity contribution >= 4 is 11.8 Å². The highest BCUT2D eigenvalue weighted by atomic mass is 16.4. The molecular formula is C15H17N3O2. The molecule has 0 unspecified atom stereocenters. The molecule has 0 fully saturated rings. The van der Waals surface area contributed by atoms with E-state index in [9.17, 15) is 9.90 Å². The fourth-order valence-corrected chi connectivity index (χ4v) is 2.05. The molecule has 0 saturated carbocycles. The Balaban J connectivity index is 2.15. The fourth-order valence-electron chi connectivity index (χ4n) is 2.05. The first-order valence-electron chi connectivity index (χ1n) is 6.38. The minimum atomic E-state index is -0.943. The van der Waals surface area contributed by atoms with Crippen molar-refractivity contribution in [3.05, 3.63) is 53.5 Å². The van der Waals surface area contributed by atoms with Gasteiger partial charge in [0.2, 0.25) is 0 Å². The van der Waals surface area contributed by atoms with Gasteiger partial charge in [-0.1, -0.05) is 0 Å². The van der Waals surface area contributed by atoms with E-state index in [1.807, 2.05) is 24.1 Å². The summed E-state index contributed by atoms with van der Waals surface area (Å²) in [6.45, 7) is 2.48. The molecule has 0 amide bonds. The number of hydrogen-bond donors (Lipinski definition) is 1. The third-order valence-corrected chi connectivity index (χ3v) is 3.20. The molecule has 2 aromatic heterocycles. The van der Waals surface area contributed by atoms with Gasteiger partial charge in [0.05, 0.1) is 0 Å². The van der Waals surface area contributed by atoms with E-state index in [2.05, 4.69) is 9.97 Å². The molecule has 104 valence electrons. The van der Waals surface area contributed by atoms with Crippen LogP contribution in [-0.2, 0) is 6.42 Å². The van der Waals surface area contributed by atoms with Crippen LogP contribution in [0.15, 0.2) is 36.8 Å². The van der Waals surface area contributed by atoms with Crippen molar-refractivity contribution in [1.29, 1.82) is 0 Å². The third kappa shape index (κ3) is 3.12. The van der Waals surface area contributed by atoms with Crippen LogP contribution >= 0.6 is 0 Å². The molecular weight excluding hydrogens is 254 g/mol. The second kappa shape index (κ2) is 6.14. The summed E-state index contributed by atoms with van der Waals surface area (Å²) in [5.41, 5.74) is 2.15. The number of pyridine rings is 2. The number of aryl methyl sites for hydroxylation is 1. The van der Waals surface area contributed by atoms with Gasteiger partial charge in [-0.2, -0.15) is 0 Å². The summed E-state index contributed by atoms with van der Waals surface area (Å²) in [6, 6.07) is 5.62. The summed E-state index contributed by atoms with van der Waals surface area (Å²) < 4.78 is 0. The van der Waals surface area contributed by atoms with Crippen LogP contribution in [0.4, 0.5) is 5.82 Å². The number of carboxylic acid groups (broad SMARTS) is 1. The van der Waals surface area contributed by atoms with Crippen LogP contribution in [0.2, 0.25) is 0 Å². The molecule has 1 N–H and O–H groups in total. The number of rotatable bonds is 5. The first-order valence-corrected chi connectivity index (χ1v) is 6.38. The minimum Gasteiger partial charge on any atom is -0.478 e. The van der Waals surface area contributed by atoms with Gasteiger partial charge in [0.15, 0.2) is 0 Å². The summed E-state index contributed by atoms with van der Waals surface area (Å²) >= 11 is 0. The SMILES string of the molecule is Cc1ccnc(N(C)CCc2ccncc2)c1C(=O)O. The van der Waals surface area contributed by atoms with E-state index in [0.717, 1.165) is 17.5 Å². The third-order valence-electron chi connectivity index (χ3n) is 3.20. The summed E-state index contributed by atoms with van der Waals surface area (Å²) in [6.07, 6.45) is 5.96. The van der Waals surface area contributed by atoms with Crippen molar-refractivity contribution in [2.75, 3.05) is 18.5 Å². The number of aromatic carboxylic acids is 1. The molecule has 0 aliphatic carbocycles. The van der Waals surface area contributed by atoms with Gasteiger partial charge in [-0.05, 0) is 42.7 Å². The van der Waals surface area contributed by atoms with Crippen LogP contribution in [0.25, 0.3) is 0 Å². The maximum Gasteiger partial charge on any atom is 0.339 e. The van der Waals surface area contributed by atoms with Crippen molar-refractivity contribution in [2.45, 2.75) is 13.3 Å². The van der Waals surface area contributed by atoms with Crippen LogP contribution in [0.3, 0.4) is 0 Å². The molecule has 20 heavy (non-hydrogen) atoms. The maximum atomic E-state index is 11.3. The Morgan fingerprint density at radius 2 is 1.95 bits per heavy atom. The van der Waals surface area contributed by atoms with Gasteiger partial charge in [-0.15, -0.1) is 0 Å². The summed E-state index contributed by atoms with van der Waals surface area (Å²) in [7, 11) is 1.86. The van der Waals surface area contributed by atoms with Gasteiger partial charge in [-0.3, -0.25) is 4.98 Å². The Morgan fingerprint density at radius 1 is 1.25 bits per heavy atom. The summed E-state index contributed by atoms with van der Waals surface area (Å²) in [5, 5.41) is 9.31. The predicted octanol–water partition coefficient (Wildman–Crippen LogP) is 2.16. The van der Waals surface area contributed by atoms with E-state index < -0.39 is 5.97 Å². The molecule has 0 aromatic carbocycles. The topological polar surface area (TPSA) is 66.3 Å². The number of anilines is 1. The number of carbonyl (C=O) groups is 1. The van der Waals surface area contributed by atoms with Crippen molar-refractivity contribution in [2.24, 2.45) is 0 Å². The predicted molar refractivity (Wildman–Crippen MR) is 77.1 cm³/mol. The highest BCUT2D eigenvalue weighted by Gasteiger charge is 2.17. The zero-order valence-electron chi connectivity index (χ0n) is 11.6. The lowest BCUT2D eigenvalue weighted by Gasteiger charge is -2.20. The highest BCUT2D eigenvalue weighted by molar-refractivity contribution is 5.94. The molecule has 0 bridgehead atoms. The molecule has 0 spiro atoms. The number of carboxylic acids is 1. The summed E-state index contributed by atoms with van der Waals surface area (Å²) in [4.78, 5) is 21.4. The maximum absolute atomic E-state index is 11.3. The van der Waals surface area contributed by atoms with Crippen LogP contribution in [-0.4, -0.2) is 34.6 Å². The molecule has 0 aliphatic rings. The Kier molecular flexibility index (Phi) is 4.30. The molecule has 5 nitrogen and oxygen atoms in total. The Hall–Kier alpha value is -2.43. The largest absolute Gasteiger partial charge is 0.478 e. The van der Waals surface area contributed by atoms with Gasteiger partial charge >= 0.3 is 5.97 Å². The van der Waals surface area contributed by atoms with E-state index in [0.29, 0.717) is 12.4 Å². The molecule has 2 heterocycles. The average Bonchev–Trinajstić information content (AvgIpc) is 2.45. The molecule has 2 aromatic rings. The molecule has 2 rings (SSSR count). The first-order chi connectivity index (χ1) is 9.59. The highest BCUT2D eigenvalue weighted by Crippen LogP contribution is 2.20. The number of likely N-dealkylation sites (N-methyl/N-ethyl adjacent to an activating group) is 1. The Labute approximate surface area is 117 Å². The second-order valence-electron chi connectivity index (χ2n) is 4.66. The van der Waals surface area contributed by atoms with Crippen LogP contribution in [0, 0.1) is 6.92 Å². The Morgan fingerprint density at radius 3 is 2.60 bits per heavy atom. The van der Waals surface area contributed by atoms with Crippen molar-refractivity contribution in [3.8, 4) is 0 Å². The molecule has 0 radical (unpaired) electrons. The normalized spacial score (nSPS) is 10.3. The second-order valence-corrected chi connectivity index (χ2v) is 4.66. The average molecular weight is 271 g/mol. The van der Waals surface area contributed by atoms with Crippen LogP contribution in [0.5, 0.6) is 0 Å². The van der Waals surface area contributed by atoms with E-state index in [-0.39, 0.29) is 5.56 Å². The van der Waals surface area contributed by atoms with E-state index in [1.54, 1.807) is 31.6 Å². The number of aromatic nitrogens is 2. The fraction of sp³-hybridized carbons (Fsp3) is 0.267. The minimum absolute atomic E-state index is 0.268. The zero-order chi connectivity index (χ0) is 14.5. The standard InChI is InChI=1S/C15H17N3O2/c1-11-3-9-17-14(13(11)15(19)20)18(2)10-6-12-4-7-16-8-5-12/h3-5,7-9H,6,10H2,1-2H3,(H,19,20). The monoisotopic (exact) mass is 271 g/mol. The lowest BCUT2D eigenvalue weighted by atomic mass is 10.1. The molecule has 0 saturated heterocycles. The molecule has 0 atom stereocenters. The van der Waals surface area contributed by atoms with E-state index in [4.69, 9.17) is 0 Å². The van der Waals surface area contributed by atoms with Crippen molar-refractivity contribution < 1.29 is 9.90 Å². The van der Waals surface area contributed by atoms with Crippen molar-refractivity contribution in [1.82, 2.24) is 9.97 Å². The zero-order valence-corrected chi connectivity index (χ0v) is 11.6. The van der Waals surface area contributed by atoms with Crippen LogP contribution < -0.4 is 4.90 Å².